The Balaban J connectivity index is 1.69. The Kier molecular flexibility index (Phi) is 5.87. The molecule has 1 amide bonds. The van der Waals surface area contributed by atoms with Crippen LogP contribution in [0.1, 0.15) is 42.1 Å². The first-order chi connectivity index (χ1) is 12.2. The van der Waals surface area contributed by atoms with Crippen LogP contribution in [0.5, 0.6) is 0 Å². The molecule has 1 aromatic carbocycles. The number of benzene rings is 1. The fourth-order valence-corrected chi connectivity index (χ4v) is 3.37. The number of hydrogen-bond donors (Lipinski definition) is 0. The Labute approximate surface area is 148 Å². The second-order valence-electron chi connectivity index (χ2n) is 6.44. The summed E-state index contributed by atoms with van der Waals surface area (Å²) in [7, 11) is 0. The lowest BCUT2D eigenvalue weighted by atomic mass is 9.86. The standard InChI is InChI=1S/C20H25NO4/c1-2-25-20(23)16-8-6-15(7-9-16)17-4-3-5-18(14-17)19(22)21-10-12-24-13-11-21/h3-6,14,16H,2,7-13H2,1H3. The highest BCUT2D eigenvalue weighted by Crippen LogP contribution is 2.31. The molecule has 1 fully saturated rings. The number of ether oxygens (including phenoxy) is 2. The van der Waals surface area contributed by atoms with Crippen molar-refractivity contribution in [1.82, 2.24) is 4.90 Å². The minimum atomic E-state index is -0.103. The Hall–Kier alpha value is -2.14. The van der Waals surface area contributed by atoms with Crippen molar-refractivity contribution < 1.29 is 19.1 Å². The normalized spacial score (nSPS) is 20.8. The number of nitrogens with zero attached hydrogens (tertiary/aromatic N) is 1. The lowest BCUT2D eigenvalue weighted by Gasteiger charge is -2.27. The second-order valence-corrected chi connectivity index (χ2v) is 6.44. The molecule has 1 aromatic rings. The molecule has 1 aliphatic heterocycles. The summed E-state index contributed by atoms with van der Waals surface area (Å²) < 4.78 is 10.4. The number of allylic oxidation sites excluding steroid dienone is 2. The molecule has 1 atom stereocenters. The zero-order valence-corrected chi connectivity index (χ0v) is 14.7. The number of rotatable bonds is 4. The SMILES string of the molecule is CCOC(=O)C1CC=C(c2cccc(C(=O)N3CCOCC3)c2)CC1. The Morgan fingerprint density at radius 1 is 1.28 bits per heavy atom. The van der Waals surface area contributed by atoms with E-state index in [4.69, 9.17) is 9.47 Å². The predicted molar refractivity (Wildman–Crippen MR) is 95.1 cm³/mol. The average molecular weight is 343 g/mol. The first-order valence-electron chi connectivity index (χ1n) is 9.02. The van der Waals surface area contributed by atoms with E-state index in [0.717, 1.165) is 18.4 Å². The molecule has 0 aromatic heterocycles. The fraction of sp³-hybridized carbons (Fsp3) is 0.500. The van der Waals surface area contributed by atoms with Crippen molar-refractivity contribution in [3.63, 3.8) is 0 Å². The summed E-state index contributed by atoms with van der Waals surface area (Å²) in [6.45, 7) is 4.76. The van der Waals surface area contributed by atoms with Gasteiger partial charge in [0.15, 0.2) is 0 Å². The summed E-state index contributed by atoms with van der Waals surface area (Å²) in [6, 6.07) is 7.80. The summed E-state index contributed by atoms with van der Waals surface area (Å²) >= 11 is 0. The number of amides is 1. The van der Waals surface area contributed by atoms with E-state index in [1.807, 2.05) is 36.1 Å². The van der Waals surface area contributed by atoms with E-state index < -0.39 is 0 Å². The van der Waals surface area contributed by atoms with Gasteiger partial charge in [-0.2, -0.15) is 0 Å². The van der Waals surface area contributed by atoms with Gasteiger partial charge >= 0.3 is 5.97 Å². The van der Waals surface area contributed by atoms with Crippen LogP contribution in [-0.4, -0.2) is 49.7 Å². The van der Waals surface area contributed by atoms with Gasteiger partial charge in [-0.25, -0.2) is 0 Å². The number of carbonyl (C=O) groups is 2. The molecule has 0 N–H and O–H groups in total. The van der Waals surface area contributed by atoms with Crippen LogP contribution in [0.3, 0.4) is 0 Å². The van der Waals surface area contributed by atoms with Crippen LogP contribution in [0.25, 0.3) is 5.57 Å². The second kappa shape index (κ2) is 8.30. The third kappa shape index (κ3) is 4.28. The molecule has 0 radical (unpaired) electrons. The van der Waals surface area contributed by atoms with Crippen LogP contribution < -0.4 is 0 Å². The van der Waals surface area contributed by atoms with Gasteiger partial charge in [0.25, 0.3) is 5.91 Å². The topological polar surface area (TPSA) is 55.8 Å². The molecular formula is C20H25NO4. The summed E-state index contributed by atoms with van der Waals surface area (Å²) in [5, 5.41) is 0. The number of hydrogen-bond acceptors (Lipinski definition) is 4. The van der Waals surface area contributed by atoms with Crippen molar-refractivity contribution in [2.24, 2.45) is 5.92 Å². The summed E-state index contributed by atoms with van der Waals surface area (Å²) in [5.74, 6) is -0.0816. The zero-order chi connectivity index (χ0) is 17.6. The van der Waals surface area contributed by atoms with Crippen molar-refractivity contribution in [3.05, 3.63) is 41.5 Å². The molecule has 1 aliphatic carbocycles. The lowest BCUT2D eigenvalue weighted by Crippen LogP contribution is -2.40. The van der Waals surface area contributed by atoms with Gasteiger partial charge in [0.2, 0.25) is 0 Å². The van der Waals surface area contributed by atoms with Crippen molar-refractivity contribution in [2.75, 3.05) is 32.9 Å². The van der Waals surface area contributed by atoms with E-state index in [1.54, 1.807) is 0 Å². The minimum absolute atomic E-state index is 0.0399. The first-order valence-corrected chi connectivity index (χ1v) is 9.02. The van der Waals surface area contributed by atoms with Crippen molar-refractivity contribution in [1.29, 1.82) is 0 Å². The van der Waals surface area contributed by atoms with E-state index >= 15 is 0 Å². The number of morpholine rings is 1. The first kappa shape index (κ1) is 17.7. The van der Waals surface area contributed by atoms with Gasteiger partial charge in [0, 0.05) is 18.7 Å². The molecule has 0 bridgehead atoms. The monoisotopic (exact) mass is 343 g/mol. The largest absolute Gasteiger partial charge is 0.466 e. The van der Waals surface area contributed by atoms with E-state index in [-0.39, 0.29) is 17.8 Å². The Morgan fingerprint density at radius 2 is 2.08 bits per heavy atom. The molecule has 2 aliphatic rings. The summed E-state index contributed by atoms with van der Waals surface area (Å²) in [4.78, 5) is 26.3. The molecular weight excluding hydrogens is 318 g/mol. The van der Waals surface area contributed by atoms with Gasteiger partial charge in [-0.15, -0.1) is 0 Å². The van der Waals surface area contributed by atoms with Crippen LogP contribution in [-0.2, 0) is 14.3 Å². The molecule has 134 valence electrons. The van der Waals surface area contributed by atoms with Gasteiger partial charge in [-0.05, 0) is 49.5 Å². The van der Waals surface area contributed by atoms with E-state index in [2.05, 4.69) is 6.08 Å². The van der Waals surface area contributed by atoms with Crippen molar-refractivity contribution >= 4 is 17.4 Å². The third-order valence-electron chi connectivity index (χ3n) is 4.81. The van der Waals surface area contributed by atoms with Crippen molar-refractivity contribution in [2.45, 2.75) is 26.2 Å². The lowest BCUT2D eigenvalue weighted by molar-refractivity contribution is -0.148. The number of carbonyl (C=O) groups excluding carboxylic acids is 2. The molecule has 3 rings (SSSR count). The van der Waals surface area contributed by atoms with E-state index in [9.17, 15) is 9.59 Å². The highest BCUT2D eigenvalue weighted by Gasteiger charge is 2.24. The molecule has 1 unspecified atom stereocenters. The van der Waals surface area contributed by atoms with Gasteiger partial charge < -0.3 is 14.4 Å². The Bertz CT molecular complexity index is 661. The zero-order valence-electron chi connectivity index (χ0n) is 14.7. The molecule has 25 heavy (non-hydrogen) atoms. The predicted octanol–water partition coefficient (Wildman–Crippen LogP) is 2.91. The molecule has 1 heterocycles. The fourth-order valence-electron chi connectivity index (χ4n) is 3.37. The van der Waals surface area contributed by atoms with Gasteiger partial charge in [-0.1, -0.05) is 18.2 Å². The maximum atomic E-state index is 12.6. The van der Waals surface area contributed by atoms with Gasteiger partial charge in [0.05, 0.1) is 25.7 Å². The smallest absolute Gasteiger partial charge is 0.309 e. The molecule has 1 saturated heterocycles. The van der Waals surface area contributed by atoms with E-state index in [1.165, 1.54) is 5.57 Å². The van der Waals surface area contributed by atoms with Crippen LogP contribution in [0.15, 0.2) is 30.3 Å². The number of esters is 1. The maximum Gasteiger partial charge on any atom is 0.309 e. The highest BCUT2D eigenvalue weighted by molar-refractivity contribution is 5.95. The molecule has 5 nitrogen and oxygen atoms in total. The van der Waals surface area contributed by atoms with Gasteiger partial charge in [0.1, 0.15) is 0 Å². The average Bonchev–Trinajstić information content (AvgIpc) is 2.68. The minimum Gasteiger partial charge on any atom is -0.466 e. The molecule has 0 saturated carbocycles. The van der Waals surface area contributed by atoms with Crippen LogP contribution in [0.4, 0.5) is 0 Å². The quantitative estimate of drug-likeness (QED) is 0.789. The van der Waals surface area contributed by atoms with Crippen LogP contribution in [0.2, 0.25) is 0 Å². The van der Waals surface area contributed by atoms with Crippen molar-refractivity contribution in [3.8, 4) is 0 Å². The molecule has 0 spiro atoms. The van der Waals surface area contributed by atoms with E-state index in [0.29, 0.717) is 44.9 Å². The van der Waals surface area contributed by atoms with Crippen LogP contribution >= 0.6 is 0 Å². The van der Waals surface area contributed by atoms with Crippen LogP contribution in [0, 0.1) is 5.92 Å². The maximum absolute atomic E-state index is 12.6. The third-order valence-corrected chi connectivity index (χ3v) is 4.81. The summed E-state index contributed by atoms with van der Waals surface area (Å²) in [6.07, 6.45) is 4.45. The highest BCUT2D eigenvalue weighted by atomic mass is 16.5. The Morgan fingerprint density at radius 3 is 2.76 bits per heavy atom. The molecule has 5 heteroatoms. The van der Waals surface area contributed by atoms with Gasteiger partial charge in [-0.3, -0.25) is 9.59 Å². The summed E-state index contributed by atoms with van der Waals surface area (Å²) in [5.41, 5.74) is 2.99.